The third kappa shape index (κ3) is 2.57. The second kappa shape index (κ2) is 6.32. The maximum Gasteiger partial charge on any atom is 0.141 e. The Morgan fingerprint density at radius 2 is 2.25 bits per heavy atom. The van der Waals surface area contributed by atoms with Crippen LogP contribution in [0.2, 0.25) is 0 Å². The molecule has 0 saturated carbocycles. The quantitative estimate of drug-likeness (QED) is 0.833. The van der Waals surface area contributed by atoms with Crippen molar-refractivity contribution in [3.63, 3.8) is 0 Å². The van der Waals surface area contributed by atoms with Crippen molar-refractivity contribution in [2.45, 2.75) is 38.4 Å². The summed E-state index contributed by atoms with van der Waals surface area (Å²) in [6.45, 7) is 4.36. The molecule has 0 spiro atoms. The summed E-state index contributed by atoms with van der Waals surface area (Å²) in [6, 6.07) is 7.54. The van der Waals surface area contributed by atoms with E-state index >= 15 is 4.39 Å². The number of methoxy groups -OCH3 is 1. The van der Waals surface area contributed by atoms with Crippen LogP contribution in [0, 0.1) is 11.8 Å². The fourth-order valence-corrected chi connectivity index (χ4v) is 4.67. The maximum atomic E-state index is 15.6. The Hall–Kier alpha value is -1.68. The molecular weight excluding hydrogens is 303 g/mol. The maximum absolute atomic E-state index is 15.6. The van der Waals surface area contributed by atoms with Gasteiger partial charge in [-0.05, 0) is 61.1 Å². The third-order valence-electron chi connectivity index (χ3n) is 6.08. The lowest BCUT2D eigenvalue weighted by molar-refractivity contribution is -0.0332. The van der Waals surface area contributed by atoms with Crippen LogP contribution >= 0.6 is 0 Å². The standard InChI is InChI=1S/C20H25FN2O/c1-3-13-12-23-9-7-14(13)10-19(23)20(21)16-6-8-22-18-5-4-15(24-2)11-17(16)18/h4-6,8,11,13-14,19-20H,3,7,9-10,12H2,1-2H3/t13-,14-,19+,20-/m0/s1. The van der Waals surface area contributed by atoms with Crippen LogP contribution in [0.5, 0.6) is 5.75 Å². The van der Waals surface area contributed by atoms with Crippen LogP contribution in [-0.4, -0.2) is 36.1 Å². The number of benzene rings is 1. The number of pyridine rings is 1. The molecule has 4 heterocycles. The number of nitrogens with zero attached hydrogens (tertiary/aromatic N) is 2. The molecule has 4 heteroatoms. The van der Waals surface area contributed by atoms with Gasteiger partial charge in [-0.2, -0.15) is 0 Å². The smallest absolute Gasteiger partial charge is 0.141 e. The normalized spacial score (nSPS) is 30.5. The van der Waals surface area contributed by atoms with Crippen LogP contribution in [0.3, 0.4) is 0 Å². The molecule has 0 amide bonds. The van der Waals surface area contributed by atoms with Crippen LogP contribution in [0.15, 0.2) is 30.5 Å². The second-order valence-electron chi connectivity index (χ2n) is 7.20. The van der Waals surface area contributed by atoms with E-state index in [-0.39, 0.29) is 6.04 Å². The summed E-state index contributed by atoms with van der Waals surface area (Å²) >= 11 is 0. The molecule has 3 aliphatic rings. The third-order valence-corrected chi connectivity index (χ3v) is 6.08. The fourth-order valence-electron chi connectivity index (χ4n) is 4.67. The van der Waals surface area contributed by atoms with Crippen molar-refractivity contribution in [1.82, 2.24) is 9.88 Å². The summed E-state index contributed by atoms with van der Waals surface area (Å²) in [5.41, 5.74) is 1.59. The number of hydrogen-bond acceptors (Lipinski definition) is 3. The summed E-state index contributed by atoms with van der Waals surface area (Å²) in [6.07, 6.45) is 4.17. The van der Waals surface area contributed by atoms with E-state index in [2.05, 4.69) is 16.8 Å². The predicted molar refractivity (Wildman–Crippen MR) is 94.0 cm³/mol. The highest BCUT2D eigenvalue weighted by atomic mass is 19.1. The Bertz CT molecular complexity index is 735. The van der Waals surface area contributed by atoms with Gasteiger partial charge in [-0.25, -0.2) is 4.39 Å². The molecule has 5 rings (SSSR count). The Kier molecular flexibility index (Phi) is 4.17. The molecule has 24 heavy (non-hydrogen) atoms. The van der Waals surface area contributed by atoms with Crippen LogP contribution in [0.1, 0.15) is 37.9 Å². The summed E-state index contributed by atoms with van der Waals surface area (Å²) in [5, 5.41) is 0.874. The molecule has 1 aromatic carbocycles. The molecule has 2 bridgehead atoms. The van der Waals surface area contributed by atoms with Crippen molar-refractivity contribution in [2.75, 3.05) is 20.2 Å². The molecule has 5 atom stereocenters. The Balaban J connectivity index is 1.68. The van der Waals surface area contributed by atoms with E-state index in [0.29, 0.717) is 5.92 Å². The van der Waals surface area contributed by atoms with E-state index in [1.807, 2.05) is 24.3 Å². The molecule has 1 unspecified atom stereocenters. The first-order chi connectivity index (χ1) is 11.7. The van der Waals surface area contributed by atoms with Crippen molar-refractivity contribution in [1.29, 1.82) is 0 Å². The molecule has 3 aliphatic heterocycles. The minimum Gasteiger partial charge on any atom is -0.497 e. The van der Waals surface area contributed by atoms with E-state index in [9.17, 15) is 0 Å². The van der Waals surface area contributed by atoms with Crippen molar-refractivity contribution in [2.24, 2.45) is 11.8 Å². The first kappa shape index (κ1) is 15.8. The molecule has 128 valence electrons. The van der Waals surface area contributed by atoms with Gasteiger partial charge in [0.15, 0.2) is 0 Å². The lowest BCUT2D eigenvalue weighted by Gasteiger charge is -2.50. The fraction of sp³-hybridized carbons (Fsp3) is 0.550. The molecule has 3 saturated heterocycles. The number of alkyl halides is 1. The first-order valence-corrected chi connectivity index (χ1v) is 9.02. The van der Waals surface area contributed by atoms with E-state index in [0.717, 1.165) is 47.6 Å². The van der Waals surface area contributed by atoms with Gasteiger partial charge in [0, 0.05) is 24.2 Å². The average molecular weight is 328 g/mol. The van der Waals surface area contributed by atoms with Gasteiger partial charge in [0.1, 0.15) is 11.9 Å². The number of hydrogen-bond donors (Lipinski definition) is 0. The van der Waals surface area contributed by atoms with Crippen molar-refractivity contribution < 1.29 is 9.13 Å². The van der Waals surface area contributed by atoms with Gasteiger partial charge in [0.05, 0.1) is 12.6 Å². The van der Waals surface area contributed by atoms with Crippen LogP contribution < -0.4 is 4.74 Å². The highest BCUT2D eigenvalue weighted by Gasteiger charge is 2.43. The number of ether oxygens (including phenoxy) is 1. The van der Waals surface area contributed by atoms with Gasteiger partial charge in [-0.15, -0.1) is 0 Å². The summed E-state index contributed by atoms with van der Waals surface area (Å²) in [4.78, 5) is 6.76. The van der Waals surface area contributed by atoms with Gasteiger partial charge in [0.25, 0.3) is 0 Å². The molecule has 3 fully saturated rings. The zero-order valence-corrected chi connectivity index (χ0v) is 14.4. The van der Waals surface area contributed by atoms with E-state index in [4.69, 9.17) is 4.74 Å². The highest BCUT2D eigenvalue weighted by Crippen LogP contribution is 2.44. The summed E-state index contributed by atoms with van der Waals surface area (Å²) in [5.74, 6) is 2.18. The molecular formula is C20H25FN2O. The van der Waals surface area contributed by atoms with Crippen LogP contribution in [0.25, 0.3) is 10.9 Å². The van der Waals surface area contributed by atoms with E-state index in [1.54, 1.807) is 13.3 Å². The zero-order valence-electron chi connectivity index (χ0n) is 14.4. The number of fused-ring (bicyclic) bond motifs is 4. The van der Waals surface area contributed by atoms with Crippen molar-refractivity contribution >= 4 is 10.9 Å². The number of piperidine rings is 3. The monoisotopic (exact) mass is 328 g/mol. The number of aromatic nitrogens is 1. The van der Waals surface area contributed by atoms with Crippen molar-refractivity contribution in [3.05, 3.63) is 36.0 Å². The summed E-state index contributed by atoms with van der Waals surface area (Å²) in [7, 11) is 1.64. The lowest BCUT2D eigenvalue weighted by atomic mass is 9.73. The van der Waals surface area contributed by atoms with Crippen LogP contribution in [-0.2, 0) is 0 Å². The van der Waals surface area contributed by atoms with Gasteiger partial charge in [0.2, 0.25) is 0 Å². The topological polar surface area (TPSA) is 25.4 Å². The molecule has 0 aliphatic carbocycles. The minimum atomic E-state index is -0.969. The van der Waals surface area contributed by atoms with Crippen molar-refractivity contribution in [3.8, 4) is 5.75 Å². The van der Waals surface area contributed by atoms with Gasteiger partial charge < -0.3 is 4.74 Å². The number of halogens is 1. The average Bonchev–Trinajstić information content (AvgIpc) is 2.66. The SMILES string of the molecule is CC[C@H]1CN2CC[C@H]1C[C@@H]2[C@@H](F)c1ccnc2ccc(OC)cc12. The Morgan fingerprint density at radius 3 is 2.96 bits per heavy atom. The van der Waals surface area contributed by atoms with Gasteiger partial charge in [-0.1, -0.05) is 13.3 Å². The van der Waals surface area contributed by atoms with E-state index < -0.39 is 6.17 Å². The number of rotatable bonds is 4. The Morgan fingerprint density at radius 1 is 1.38 bits per heavy atom. The van der Waals surface area contributed by atoms with Crippen LogP contribution in [0.4, 0.5) is 4.39 Å². The molecule has 1 aromatic heterocycles. The van der Waals surface area contributed by atoms with E-state index in [1.165, 1.54) is 12.8 Å². The minimum absolute atomic E-state index is 0.00310. The van der Waals surface area contributed by atoms with Gasteiger partial charge in [-0.3, -0.25) is 9.88 Å². The highest BCUT2D eigenvalue weighted by molar-refractivity contribution is 5.84. The molecule has 2 aromatic rings. The molecule has 0 N–H and O–H groups in total. The largest absolute Gasteiger partial charge is 0.497 e. The predicted octanol–water partition coefficient (Wildman–Crippen LogP) is 4.37. The Labute approximate surface area is 142 Å². The second-order valence-corrected chi connectivity index (χ2v) is 7.20. The first-order valence-electron chi connectivity index (χ1n) is 9.02. The van der Waals surface area contributed by atoms with Gasteiger partial charge >= 0.3 is 0 Å². The lowest BCUT2D eigenvalue weighted by Crippen LogP contribution is -2.54. The molecule has 0 radical (unpaired) electrons. The zero-order chi connectivity index (χ0) is 16.7. The molecule has 3 nitrogen and oxygen atoms in total. The summed E-state index contributed by atoms with van der Waals surface area (Å²) < 4.78 is 20.9.